The highest BCUT2D eigenvalue weighted by Gasteiger charge is 2.26. The zero-order valence-corrected chi connectivity index (χ0v) is 12.1. The number of hydrogen-bond donors (Lipinski definition) is 1. The number of carbonyl (C=O) groups is 1. The second kappa shape index (κ2) is 6.14. The van der Waals surface area contributed by atoms with Gasteiger partial charge < -0.3 is 5.32 Å². The smallest absolute Gasteiger partial charge is 0.254 e. The lowest BCUT2D eigenvalue weighted by molar-refractivity contribution is 0.0921. The van der Waals surface area contributed by atoms with Gasteiger partial charge in [-0.05, 0) is 19.1 Å². The van der Waals surface area contributed by atoms with Gasteiger partial charge in [0.15, 0.2) is 0 Å². The van der Waals surface area contributed by atoms with Crippen molar-refractivity contribution in [3.05, 3.63) is 33.8 Å². The van der Waals surface area contributed by atoms with E-state index in [0.717, 1.165) is 0 Å². The largest absolute Gasteiger partial charge is 0.344 e. The van der Waals surface area contributed by atoms with Gasteiger partial charge in [0.2, 0.25) is 0 Å². The van der Waals surface area contributed by atoms with Crippen molar-refractivity contribution in [2.75, 3.05) is 11.8 Å². The molecule has 0 heterocycles. The summed E-state index contributed by atoms with van der Waals surface area (Å²) in [5.74, 6) is 0.0126. The fourth-order valence-electron chi connectivity index (χ4n) is 1.15. The zero-order chi connectivity index (χ0) is 13.1. The SMILES string of the molecule is CC(CCl)(CCl)NC(=O)c1c(Cl)cccc1Cl. The minimum Gasteiger partial charge on any atom is -0.344 e. The normalized spacial score (nSPS) is 11.4. The van der Waals surface area contributed by atoms with Crippen LogP contribution in [-0.4, -0.2) is 23.2 Å². The van der Waals surface area contributed by atoms with Gasteiger partial charge in [-0.15, -0.1) is 23.2 Å². The first-order chi connectivity index (χ1) is 7.93. The summed E-state index contributed by atoms with van der Waals surface area (Å²) in [5, 5.41) is 3.31. The lowest BCUT2D eigenvalue weighted by Crippen LogP contribution is -2.49. The molecule has 1 aromatic carbocycles. The molecule has 17 heavy (non-hydrogen) atoms. The van der Waals surface area contributed by atoms with Crippen molar-refractivity contribution in [3.63, 3.8) is 0 Å². The number of halogens is 4. The molecule has 0 saturated carbocycles. The fourth-order valence-corrected chi connectivity index (χ4v) is 2.14. The zero-order valence-electron chi connectivity index (χ0n) is 9.07. The van der Waals surface area contributed by atoms with Crippen molar-refractivity contribution in [3.8, 4) is 0 Å². The number of nitrogens with one attached hydrogen (secondary N) is 1. The summed E-state index contributed by atoms with van der Waals surface area (Å²) in [4.78, 5) is 12.0. The quantitative estimate of drug-likeness (QED) is 0.837. The Hall–Kier alpha value is -0.150. The van der Waals surface area contributed by atoms with Crippen LogP contribution in [0.15, 0.2) is 18.2 Å². The van der Waals surface area contributed by atoms with E-state index in [-0.39, 0.29) is 23.2 Å². The second-order valence-electron chi connectivity index (χ2n) is 3.88. The van der Waals surface area contributed by atoms with Gasteiger partial charge in [-0.3, -0.25) is 4.79 Å². The molecule has 6 heteroatoms. The molecule has 0 saturated heterocycles. The van der Waals surface area contributed by atoms with Gasteiger partial charge in [-0.25, -0.2) is 0 Å². The van der Waals surface area contributed by atoms with Crippen molar-refractivity contribution >= 4 is 52.3 Å². The van der Waals surface area contributed by atoms with Crippen molar-refractivity contribution in [1.29, 1.82) is 0 Å². The third-order valence-corrected chi connectivity index (χ3v) is 4.00. The number of benzene rings is 1. The lowest BCUT2D eigenvalue weighted by atomic mass is 10.1. The molecule has 0 fully saturated rings. The first-order valence-corrected chi connectivity index (χ1v) is 6.64. The fraction of sp³-hybridized carbons (Fsp3) is 0.364. The Morgan fingerprint density at radius 2 is 1.71 bits per heavy atom. The van der Waals surface area contributed by atoms with E-state index >= 15 is 0 Å². The van der Waals surface area contributed by atoms with Crippen LogP contribution in [0.5, 0.6) is 0 Å². The van der Waals surface area contributed by atoms with Crippen LogP contribution in [0.1, 0.15) is 17.3 Å². The molecule has 0 aromatic heterocycles. The maximum absolute atomic E-state index is 12.0. The van der Waals surface area contributed by atoms with Gasteiger partial charge in [-0.1, -0.05) is 29.3 Å². The van der Waals surface area contributed by atoms with Crippen molar-refractivity contribution < 1.29 is 4.79 Å². The Morgan fingerprint density at radius 1 is 1.24 bits per heavy atom. The van der Waals surface area contributed by atoms with E-state index in [4.69, 9.17) is 46.4 Å². The highest BCUT2D eigenvalue weighted by Crippen LogP contribution is 2.25. The van der Waals surface area contributed by atoms with Crippen LogP contribution in [0.4, 0.5) is 0 Å². The van der Waals surface area contributed by atoms with Gasteiger partial charge >= 0.3 is 0 Å². The summed E-state index contributed by atoms with van der Waals surface area (Å²) in [5.41, 5.74) is -0.458. The Balaban J connectivity index is 2.98. The number of alkyl halides is 2. The predicted octanol–water partition coefficient (Wildman–Crippen LogP) is 3.96. The van der Waals surface area contributed by atoms with Gasteiger partial charge in [0.25, 0.3) is 5.91 Å². The van der Waals surface area contributed by atoms with E-state index in [1.54, 1.807) is 25.1 Å². The maximum Gasteiger partial charge on any atom is 0.254 e. The van der Waals surface area contributed by atoms with Crippen LogP contribution in [0.3, 0.4) is 0 Å². The molecule has 1 N–H and O–H groups in total. The summed E-state index contributed by atoms with van der Waals surface area (Å²) in [6, 6.07) is 4.87. The van der Waals surface area contributed by atoms with Crippen molar-refractivity contribution in [1.82, 2.24) is 5.32 Å². The molecule has 0 aliphatic carbocycles. The van der Waals surface area contributed by atoms with Crippen LogP contribution in [0.25, 0.3) is 0 Å². The molecular formula is C11H11Cl4NO. The minimum atomic E-state index is -0.692. The van der Waals surface area contributed by atoms with Crippen LogP contribution in [0, 0.1) is 0 Å². The Labute approximate surface area is 120 Å². The van der Waals surface area contributed by atoms with Crippen LogP contribution in [0.2, 0.25) is 10.0 Å². The average Bonchev–Trinajstić information content (AvgIpc) is 2.28. The molecule has 1 amide bonds. The molecule has 2 nitrogen and oxygen atoms in total. The van der Waals surface area contributed by atoms with E-state index in [1.165, 1.54) is 0 Å². The molecule has 0 bridgehead atoms. The Morgan fingerprint density at radius 3 is 2.12 bits per heavy atom. The minimum absolute atomic E-state index is 0.199. The molecule has 0 aliphatic heterocycles. The third kappa shape index (κ3) is 3.65. The Bertz CT molecular complexity index is 398. The first kappa shape index (κ1) is 14.9. The molecule has 0 radical (unpaired) electrons. The van der Waals surface area contributed by atoms with Gasteiger partial charge in [-0.2, -0.15) is 0 Å². The summed E-state index contributed by atoms with van der Waals surface area (Å²) in [6.45, 7) is 1.75. The molecule has 94 valence electrons. The second-order valence-corrected chi connectivity index (χ2v) is 5.23. The van der Waals surface area contributed by atoms with E-state index in [0.29, 0.717) is 10.0 Å². The topological polar surface area (TPSA) is 29.1 Å². The van der Waals surface area contributed by atoms with Crippen LogP contribution in [-0.2, 0) is 0 Å². The standard InChI is InChI=1S/C11H11Cl4NO/c1-11(5-12,6-13)16-10(17)9-7(14)3-2-4-8(9)15/h2-4H,5-6H2,1H3,(H,16,17). The number of rotatable bonds is 4. The van der Waals surface area contributed by atoms with Gasteiger partial charge in [0.05, 0.1) is 21.1 Å². The molecule has 0 unspecified atom stereocenters. The van der Waals surface area contributed by atoms with E-state index < -0.39 is 5.54 Å². The number of carbonyl (C=O) groups excluding carboxylic acids is 1. The monoisotopic (exact) mass is 313 g/mol. The van der Waals surface area contributed by atoms with Crippen molar-refractivity contribution in [2.24, 2.45) is 0 Å². The highest BCUT2D eigenvalue weighted by atomic mass is 35.5. The maximum atomic E-state index is 12.0. The van der Waals surface area contributed by atoms with Gasteiger partial charge in [0, 0.05) is 11.8 Å². The van der Waals surface area contributed by atoms with E-state index in [1.807, 2.05) is 0 Å². The van der Waals surface area contributed by atoms with E-state index in [2.05, 4.69) is 5.32 Å². The molecule has 0 atom stereocenters. The van der Waals surface area contributed by atoms with Crippen LogP contribution < -0.4 is 5.32 Å². The summed E-state index contributed by atoms with van der Waals surface area (Å²) in [6.07, 6.45) is 0. The summed E-state index contributed by atoms with van der Waals surface area (Å²) in [7, 11) is 0. The van der Waals surface area contributed by atoms with Crippen molar-refractivity contribution in [2.45, 2.75) is 12.5 Å². The summed E-state index contributed by atoms with van der Waals surface area (Å²) < 4.78 is 0. The molecule has 0 aliphatic rings. The summed E-state index contributed by atoms with van der Waals surface area (Å²) >= 11 is 23.4. The number of hydrogen-bond acceptors (Lipinski definition) is 1. The van der Waals surface area contributed by atoms with Gasteiger partial charge in [0.1, 0.15) is 0 Å². The third-order valence-electron chi connectivity index (χ3n) is 2.20. The van der Waals surface area contributed by atoms with E-state index in [9.17, 15) is 4.79 Å². The average molecular weight is 315 g/mol. The predicted molar refractivity (Wildman–Crippen MR) is 73.8 cm³/mol. The molecule has 0 spiro atoms. The molecular weight excluding hydrogens is 304 g/mol. The number of amides is 1. The Kier molecular flexibility index (Phi) is 5.39. The molecule has 1 aromatic rings. The highest BCUT2D eigenvalue weighted by molar-refractivity contribution is 6.39. The first-order valence-electron chi connectivity index (χ1n) is 4.82. The van der Waals surface area contributed by atoms with Crippen LogP contribution >= 0.6 is 46.4 Å². The lowest BCUT2D eigenvalue weighted by Gasteiger charge is -2.26. The molecule has 1 rings (SSSR count).